The summed E-state index contributed by atoms with van der Waals surface area (Å²) in [5.41, 5.74) is 0.108. The number of methoxy groups -OCH3 is 2. The van der Waals surface area contributed by atoms with Crippen molar-refractivity contribution in [3.8, 4) is 23.0 Å². The minimum atomic E-state index is -1.22. The van der Waals surface area contributed by atoms with Crippen molar-refractivity contribution in [3.05, 3.63) is 54.4 Å². The van der Waals surface area contributed by atoms with Crippen molar-refractivity contribution < 1.29 is 43.5 Å². The molecule has 0 atom stereocenters. The number of benzene rings is 1. The molecule has 0 aliphatic carbocycles. The Morgan fingerprint density at radius 3 is 1.83 bits per heavy atom. The van der Waals surface area contributed by atoms with Crippen LogP contribution < -0.4 is 9.47 Å². The molecule has 1 aliphatic rings. The molecule has 1 aliphatic heterocycles. The lowest BCUT2D eigenvalue weighted by molar-refractivity contribution is 0.0588. The molecule has 1 aromatic carbocycles. The second-order valence-corrected chi connectivity index (χ2v) is 10.1. The molecule has 2 aromatic heterocycles. The molecule has 0 saturated carbocycles. The van der Waals surface area contributed by atoms with Gasteiger partial charge in [-0.25, -0.2) is 9.59 Å². The highest BCUT2D eigenvalue weighted by Gasteiger charge is 2.37. The van der Waals surface area contributed by atoms with Crippen LogP contribution in [0.1, 0.15) is 56.5 Å². The minimum Gasteiger partial charge on any atom is -0.506 e. The maximum absolute atomic E-state index is 13.9. The molecular weight excluding hydrogens is 496 g/mol. The van der Waals surface area contributed by atoms with E-state index in [1.807, 2.05) is 0 Å². The van der Waals surface area contributed by atoms with E-state index in [0.29, 0.717) is 34.5 Å². The maximum Gasteiger partial charge on any atom is 0.342 e. The summed E-state index contributed by atoms with van der Waals surface area (Å²) in [5.74, 6) is -3.16. The number of rotatable bonds is 6. The zero-order chi connectivity index (χ0) is 25.4. The average molecular weight is 519 g/mol. The van der Waals surface area contributed by atoms with Gasteiger partial charge in [0.05, 0.1) is 29.9 Å². The number of aryl methyl sites for hydroxylation is 2. The first kappa shape index (κ1) is 24.6. The summed E-state index contributed by atoms with van der Waals surface area (Å²) in [4.78, 5) is 39.6. The lowest BCUT2D eigenvalue weighted by atomic mass is 9.92. The zero-order valence-corrected chi connectivity index (χ0v) is 20.9. The standard InChI is InChI=1S/C24H22O9S2/c1-10-15(23(28)30-3)19(26)21(34-10)17(22-20(27)16(11(2)35-22)24(29)31-4)18(25)12-5-6-13-14(9-12)33-8-7-32-13/h5-6,9,17,26-27H,7-8H2,1-4H3. The highest BCUT2D eigenvalue weighted by atomic mass is 32.1. The number of ether oxygens (including phenoxy) is 4. The number of esters is 2. The lowest BCUT2D eigenvalue weighted by Crippen LogP contribution is -2.17. The molecule has 11 heteroatoms. The van der Waals surface area contributed by atoms with Crippen molar-refractivity contribution in [3.63, 3.8) is 0 Å². The number of hydrogen-bond donors (Lipinski definition) is 2. The van der Waals surface area contributed by atoms with Crippen LogP contribution in [0.2, 0.25) is 0 Å². The Morgan fingerprint density at radius 1 is 0.857 bits per heavy atom. The fourth-order valence-corrected chi connectivity index (χ4v) is 6.29. The van der Waals surface area contributed by atoms with E-state index in [9.17, 15) is 24.6 Å². The first-order chi connectivity index (χ1) is 16.7. The molecule has 4 rings (SSSR count). The monoisotopic (exact) mass is 518 g/mol. The van der Waals surface area contributed by atoms with Gasteiger partial charge in [-0.15, -0.1) is 22.7 Å². The summed E-state index contributed by atoms with van der Waals surface area (Å²) in [5, 5.41) is 22.0. The van der Waals surface area contributed by atoms with E-state index in [4.69, 9.17) is 18.9 Å². The van der Waals surface area contributed by atoms with Crippen LogP contribution in [0.25, 0.3) is 0 Å². The molecule has 184 valence electrons. The molecular formula is C24H22O9S2. The van der Waals surface area contributed by atoms with Crippen LogP contribution in [0.5, 0.6) is 23.0 Å². The number of carbonyl (C=O) groups excluding carboxylic acids is 3. The van der Waals surface area contributed by atoms with Gasteiger partial charge in [-0.1, -0.05) is 0 Å². The molecule has 0 saturated heterocycles. The van der Waals surface area contributed by atoms with Crippen molar-refractivity contribution in [2.45, 2.75) is 19.8 Å². The Bertz CT molecular complexity index is 1270. The summed E-state index contributed by atoms with van der Waals surface area (Å²) in [6.07, 6.45) is 0. The molecule has 3 heterocycles. The molecule has 0 radical (unpaired) electrons. The molecule has 3 aromatic rings. The predicted molar refractivity (Wildman–Crippen MR) is 128 cm³/mol. The summed E-state index contributed by atoms with van der Waals surface area (Å²) in [6, 6.07) is 4.69. The number of aromatic hydroxyl groups is 2. The van der Waals surface area contributed by atoms with E-state index in [2.05, 4.69) is 0 Å². The van der Waals surface area contributed by atoms with Crippen LogP contribution in [0.4, 0.5) is 0 Å². The van der Waals surface area contributed by atoms with Crippen molar-refractivity contribution in [1.29, 1.82) is 0 Å². The number of hydrogen-bond acceptors (Lipinski definition) is 11. The van der Waals surface area contributed by atoms with E-state index < -0.39 is 35.1 Å². The summed E-state index contributed by atoms with van der Waals surface area (Å²) < 4.78 is 20.7. The SMILES string of the molecule is COC(=O)c1c(C)sc(C(C(=O)c2ccc3c(c2)OCCO3)c2sc(C)c(C(=O)OC)c2O)c1O. The van der Waals surface area contributed by atoms with Crippen molar-refractivity contribution in [2.75, 3.05) is 27.4 Å². The van der Waals surface area contributed by atoms with Crippen molar-refractivity contribution in [2.24, 2.45) is 0 Å². The lowest BCUT2D eigenvalue weighted by Gasteiger charge is -2.20. The van der Waals surface area contributed by atoms with Crippen LogP contribution in [0, 0.1) is 13.8 Å². The van der Waals surface area contributed by atoms with Crippen LogP contribution >= 0.6 is 22.7 Å². The third-order valence-electron chi connectivity index (χ3n) is 5.56. The summed E-state index contributed by atoms with van der Waals surface area (Å²) >= 11 is 2.06. The van der Waals surface area contributed by atoms with E-state index in [-0.39, 0.29) is 26.4 Å². The first-order valence-corrected chi connectivity index (χ1v) is 12.1. The Hall–Kier alpha value is -3.57. The quantitative estimate of drug-likeness (QED) is 0.364. The third kappa shape index (κ3) is 4.21. The fraction of sp³-hybridized carbons (Fsp3) is 0.292. The van der Waals surface area contributed by atoms with Gasteiger partial charge in [0.1, 0.15) is 35.8 Å². The van der Waals surface area contributed by atoms with Crippen LogP contribution in [0.3, 0.4) is 0 Å². The Labute approximate surface area is 208 Å². The molecule has 2 N–H and O–H groups in total. The Morgan fingerprint density at radius 2 is 1.34 bits per heavy atom. The topological polar surface area (TPSA) is 129 Å². The molecule has 0 amide bonds. The average Bonchev–Trinajstić information content (AvgIpc) is 3.31. The van der Waals surface area contributed by atoms with Crippen LogP contribution in [-0.2, 0) is 9.47 Å². The van der Waals surface area contributed by atoms with Crippen molar-refractivity contribution >= 4 is 40.4 Å². The van der Waals surface area contributed by atoms with Crippen molar-refractivity contribution in [1.82, 2.24) is 0 Å². The van der Waals surface area contributed by atoms with Gasteiger partial charge in [0.2, 0.25) is 0 Å². The Balaban J connectivity index is 1.92. The zero-order valence-electron chi connectivity index (χ0n) is 19.3. The maximum atomic E-state index is 13.9. The highest BCUT2D eigenvalue weighted by Crippen LogP contribution is 2.49. The number of thiophene rings is 2. The molecule has 0 spiro atoms. The smallest absolute Gasteiger partial charge is 0.342 e. The third-order valence-corrected chi connectivity index (χ3v) is 7.88. The van der Waals surface area contributed by atoms with Gasteiger partial charge < -0.3 is 29.2 Å². The predicted octanol–water partition coefficient (Wildman–Crippen LogP) is 4.20. The van der Waals surface area contributed by atoms with Gasteiger partial charge in [-0.3, -0.25) is 4.79 Å². The normalized spacial score (nSPS) is 12.5. The second kappa shape index (κ2) is 9.59. The number of fused-ring (bicyclic) bond motifs is 1. The van der Waals surface area contributed by atoms with E-state index >= 15 is 0 Å². The highest BCUT2D eigenvalue weighted by molar-refractivity contribution is 7.14. The van der Waals surface area contributed by atoms with Gasteiger partial charge in [0, 0.05) is 15.3 Å². The molecule has 9 nitrogen and oxygen atoms in total. The number of Topliss-reactive ketones (excluding diaryl/α,β-unsaturated/α-hetero) is 1. The van der Waals surface area contributed by atoms with Crippen LogP contribution in [0.15, 0.2) is 18.2 Å². The molecule has 0 unspecified atom stereocenters. The second-order valence-electron chi connectivity index (χ2n) is 7.63. The van der Waals surface area contributed by atoms with Gasteiger partial charge in [0.25, 0.3) is 0 Å². The summed E-state index contributed by atoms with van der Waals surface area (Å²) in [6.45, 7) is 3.95. The van der Waals surface area contributed by atoms with E-state index in [1.165, 1.54) is 20.3 Å². The minimum absolute atomic E-state index is 0.0616. The molecule has 0 fully saturated rings. The van der Waals surface area contributed by atoms with Gasteiger partial charge >= 0.3 is 11.9 Å². The Kier molecular flexibility index (Phi) is 6.73. The van der Waals surface area contributed by atoms with Crippen LogP contribution in [-0.4, -0.2) is 55.4 Å². The number of carbonyl (C=O) groups is 3. The fourth-order valence-electron chi connectivity index (χ4n) is 3.91. The van der Waals surface area contributed by atoms with Gasteiger partial charge in [-0.05, 0) is 32.0 Å². The molecule has 35 heavy (non-hydrogen) atoms. The van der Waals surface area contributed by atoms with E-state index in [1.54, 1.807) is 26.0 Å². The largest absolute Gasteiger partial charge is 0.506 e. The summed E-state index contributed by atoms with van der Waals surface area (Å²) in [7, 11) is 2.38. The van der Waals surface area contributed by atoms with Gasteiger partial charge in [-0.2, -0.15) is 0 Å². The van der Waals surface area contributed by atoms with E-state index in [0.717, 1.165) is 22.7 Å². The number of ketones is 1. The first-order valence-electron chi connectivity index (χ1n) is 10.4. The van der Waals surface area contributed by atoms with Gasteiger partial charge in [0.15, 0.2) is 17.3 Å². The molecule has 0 bridgehead atoms.